The molecule has 0 aromatic heterocycles. The second-order valence-electron chi connectivity index (χ2n) is 2.48. The average Bonchev–Trinajstić information content (AvgIpc) is 1.87. The van der Waals surface area contributed by atoms with Gasteiger partial charge in [-0.1, -0.05) is 26.3 Å². The first-order valence-corrected chi connectivity index (χ1v) is 3.51. The molecule has 0 saturated heterocycles. The fraction of sp³-hybridized carbons (Fsp3) is 0.750. The van der Waals surface area contributed by atoms with Crippen molar-refractivity contribution in [1.29, 1.82) is 0 Å². The first-order chi connectivity index (χ1) is 4.22. The molecular formula is C8H16O. The smallest absolute Gasteiger partial charge is 0.0599 e. The van der Waals surface area contributed by atoms with Crippen molar-refractivity contribution in [2.75, 3.05) is 0 Å². The molecule has 9 heavy (non-hydrogen) atoms. The highest BCUT2D eigenvalue weighted by Gasteiger charge is 2.08. The largest absolute Gasteiger partial charge is 0.393 e. The van der Waals surface area contributed by atoms with Gasteiger partial charge >= 0.3 is 0 Å². The number of rotatable bonds is 4. The number of aliphatic hydroxyl groups excluding tert-OH is 1. The molecule has 0 radical (unpaired) electrons. The van der Waals surface area contributed by atoms with Gasteiger partial charge in [-0.05, 0) is 12.3 Å². The molecule has 1 N–H and O–H groups in total. The Morgan fingerprint density at radius 2 is 2.22 bits per heavy atom. The van der Waals surface area contributed by atoms with Crippen LogP contribution in [0, 0.1) is 5.92 Å². The fourth-order valence-electron chi connectivity index (χ4n) is 0.675. The van der Waals surface area contributed by atoms with E-state index in [-0.39, 0.29) is 6.10 Å². The molecule has 0 amide bonds. The van der Waals surface area contributed by atoms with Gasteiger partial charge in [0.15, 0.2) is 0 Å². The van der Waals surface area contributed by atoms with Gasteiger partial charge in [0.1, 0.15) is 0 Å². The molecule has 0 aromatic rings. The maximum atomic E-state index is 9.25. The molecule has 1 nitrogen and oxygen atoms in total. The highest BCUT2D eigenvalue weighted by Crippen LogP contribution is 2.10. The SMILES string of the molecule is C=CC[C@H](O)[C@@H](C)CC. The number of hydrogen-bond donors (Lipinski definition) is 1. The molecule has 0 aromatic carbocycles. The summed E-state index contributed by atoms with van der Waals surface area (Å²) in [6.07, 6.45) is 3.33. The van der Waals surface area contributed by atoms with Crippen LogP contribution in [0.2, 0.25) is 0 Å². The molecule has 2 atom stereocenters. The van der Waals surface area contributed by atoms with Crippen LogP contribution in [-0.2, 0) is 0 Å². The Morgan fingerprint density at radius 3 is 2.56 bits per heavy atom. The summed E-state index contributed by atoms with van der Waals surface area (Å²) < 4.78 is 0. The van der Waals surface area contributed by atoms with Crippen molar-refractivity contribution < 1.29 is 5.11 Å². The summed E-state index contributed by atoms with van der Waals surface area (Å²) in [6.45, 7) is 7.69. The van der Waals surface area contributed by atoms with Crippen molar-refractivity contribution in [3.63, 3.8) is 0 Å². The Balaban J connectivity index is 3.44. The lowest BCUT2D eigenvalue weighted by Crippen LogP contribution is -2.15. The molecule has 0 spiro atoms. The fourth-order valence-corrected chi connectivity index (χ4v) is 0.675. The van der Waals surface area contributed by atoms with Crippen LogP contribution >= 0.6 is 0 Å². The van der Waals surface area contributed by atoms with Gasteiger partial charge in [-0.2, -0.15) is 0 Å². The predicted molar refractivity (Wildman–Crippen MR) is 40.3 cm³/mol. The second kappa shape index (κ2) is 4.57. The normalized spacial score (nSPS) is 16.8. The lowest BCUT2D eigenvalue weighted by Gasteiger charge is -2.14. The monoisotopic (exact) mass is 128 g/mol. The third-order valence-corrected chi connectivity index (χ3v) is 1.71. The zero-order chi connectivity index (χ0) is 7.28. The van der Waals surface area contributed by atoms with E-state index in [0.717, 1.165) is 12.8 Å². The predicted octanol–water partition coefficient (Wildman–Crippen LogP) is 1.97. The van der Waals surface area contributed by atoms with E-state index in [2.05, 4.69) is 13.5 Å². The summed E-state index contributed by atoms with van der Waals surface area (Å²) in [5.74, 6) is 0.406. The summed E-state index contributed by atoms with van der Waals surface area (Å²) in [5.41, 5.74) is 0. The van der Waals surface area contributed by atoms with Gasteiger partial charge in [0.05, 0.1) is 6.10 Å². The maximum Gasteiger partial charge on any atom is 0.0599 e. The van der Waals surface area contributed by atoms with Crippen LogP contribution in [0.15, 0.2) is 12.7 Å². The van der Waals surface area contributed by atoms with Crippen LogP contribution in [0.5, 0.6) is 0 Å². The van der Waals surface area contributed by atoms with Gasteiger partial charge in [-0.15, -0.1) is 6.58 Å². The summed E-state index contributed by atoms with van der Waals surface area (Å²) in [5, 5.41) is 9.25. The summed E-state index contributed by atoms with van der Waals surface area (Å²) in [7, 11) is 0. The summed E-state index contributed by atoms with van der Waals surface area (Å²) in [4.78, 5) is 0. The van der Waals surface area contributed by atoms with Crippen molar-refractivity contribution in [3.05, 3.63) is 12.7 Å². The second-order valence-corrected chi connectivity index (χ2v) is 2.48. The Morgan fingerprint density at radius 1 is 1.67 bits per heavy atom. The molecule has 0 aliphatic carbocycles. The first-order valence-electron chi connectivity index (χ1n) is 3.51. The van der Waals surface area contributed by atoms with Gasteiger partial charge in [-0.25, -0.2) is 0 Å². The summed E-state index contributed by atoms with van der Waals surface area (Å²) in [6, 6.07) is 0. The Labute approximate surface area is 57.4 Å². The third kappa shape index (κ3) is 3.31. The van der Waals surface area contributed by atoms with Crippen molar-refractivity contribution in [1.82, 2.24) is 0 Å². The van der Waals surface area contributed by atoms with Crippen LogP contribution in [-0.4, -0.2) is 11.2 Å². The summed E-state index contributed by atoms with van der Waals surface area (Å²) >= 11 is 0. The minimum atomic E-state index is -0.188. The minimum Gasteiger partial charge on any atom is -0.393 e. The lowest BCUT2D eigenvalue weighted by molar-refractivity contribution is 0.117. The first kappa shape index (κ1) is 8.70. The van der Waals surface area contributed by atoms with Crippen LogP contribution in [0.1, 0.15) is 26.7 Å². The van der Waals surface area contributed by atoms with Crippen LogP contribution in [0.25, 0.3) is 0 Å². The van der Waals surface area contributed by atoms with Crippen LogP contribution in [0.4, 0.5) is 0 Å². The van der Waals surface area contributed by atoms with Gasteiger partial charge in [0.2, 0.25) is 0 Å². The van der Waals surface area contributed by atoms with E-state index >= 15 is 0 Å². The Bertz CT molecular complexity index is 78.6. The van der Waals surface area contributed by atoms with Crippen LogP contribution < -0.4 is 0 Å². The minimum absolute atomic E-state index is 0.188. The van der Waals surface area contributed by atoms with E-state index in [1.165, 1.54) is 0 Å². The molecule has 0 rings (SSSR count). The van der Waals surface area contributed by atoms with E-state index in [4.69, 9.17) is 0 Å². The molecule has 0 saturated carbocycles. The molecule has 0 aliphatic heterocycles. The van der Waals surface area contributed by atoms with E-state index in [1.807, 2.05) is 6.92 Å². The van der Waals surface area contributed by atoms with Gasteiger partial charge < -0.3 is 5.11 Å². The lowest BCUT2D eigenvalue weighted by atomic mass is 10.00. The number of aliphatic hydroxyl groups is 1. The molecule has 0 bridgehead atoms. The molecular weight excluding hydrogens is 112 g/mol. The van der Waals surface area contributed by atoms with E-state index in [0.29, 0.717) is 5.92 Å². The average molecular weight is 128 g/mol. The highest BCUT2D eigenvalue weighted by atomic mass is 16.3. The van der Waals surface area contributed by atoms with Crippen molar-refractivity contribution >= 4 is 0 Å². The van der Waals surface area contributed by atoms with Crippen molar-refractivity contribution in [3.8, 4) is 0 Å². The number of hydrogen-bond acceptors (Lipinski definition) is 1. The molecule has 1 heteroatoms. The van der Waals surface area contributed by atoms with Gasteiger partial charge in [-0.3, -0.25) is 0 Å². The highest BCUT2D eigenvalue weighted by molar-refractivity contribution is 4.74. The van der Waals surface area contributed by atoms with Gasteiger partial charge in [0.25, 0.3) is 0 Å². The zero-order valence-corrected chi connectivity index (χ0v) is 6.30. The molecule has 0 heterocycles. The van der Waals surface area contributed by atoms with E-state index in [9.17, 15) is 5.11 Å². The van der Waals surface area contributed by atoms with Crippen molar-refractivity contribution in [2.24, 2.45) is 5.92 Å². The Hall–Kier alpha value is -0.300. The maximum absolute atomic E-state index is 9.25. The molecule has 54 valence electrons. The molecule has 0 unspecified atom stereocenters. The van der Waals surface area contributed by atoms with E-state index < -0.39 is 0 Å². The van der Waals surface area contributed by atoms with E-state index in [1.54, 1.807) is 6.08 Å². The van der Waals surface area contributed by atoms with Crippen LogP contribution in [0.3, 0.4) is 0 Å². The topological polar surface area (TPSA) is 20.2 Å². The third-order valence-electron chi connectivity index (χ3n) is 1.71. The van der Waals surface area contributed by atoms with Crippen molar-refractivity contribution in [2.45, 2.75) is 32.8 Å². The molecule has 0 fully saturated rings. The quantitative estimate of drug-likeness (QED) is 0.574. The molecule has 0 aliphatic rings. The Kier molecular flexibility index (Phi) is 4.41. The van der Waals surface area contributed by atoms with Gasteiger partial charge in [0, 0.05) is 0 Å². The zero-order valence-electron chi connectivity index (χ0n) is 6.30. The standard InChI is InChI=1S/C8H16O/c1-4-6-8(9)7(3)5-2/h4,7-9H,1,5-6H2,2-3H3/t7-,8-/m0/s1.